The third-order valence-electron chi connectivity index (χ3n) is 5.15. The summed E-state index contributed by atoms with van der Waals surface area (Å²) in [5, 5.41) is 13.4. The molecule has 1 atom stereocenters. The van der Waals surface area contributed by atoms with Gasteiger partial charge >= 0.3 is 6.03 Å². The molecule has 2 aliphatic rings. The third-order valence-corrected chi connectivity index (χ3v) is 5.15. The molecule has 4 rings (SSSR count). The van der Waals surface area contributed by atoms with Gasteiger partial charge in [-0.15, -0.1) is 5.10 Å². The number of rotatable bonds is 2. The number of nitrogens with one attached hydrogen (secondary N) is 1. The number of halogens is 1. The van der Waals surface area contributed by atoms with Crippen LogP contribution in [-0.4, -0.2) is 69.3 Å². The molecule has 132 valence electrons. The first-order chi connectivity index (χ1) is 12.0. The molecule has 2 aliphatic heterocycles. The van der Waals surface area contributed by atoms with Crippen molar-refractivity contribution in [1.29, 1.82) is 0 Å². The molecule has 2 amide bonds. The molecule has 1 spiro atoms. The molecular formula is C16H20FN7O. The van der Waals surface area contributed by atoms with Gasteiger partial charge < -0.3 is 15.1 Å². The summed E-state index contributed by atoms with van der Waals surface area (Å²) in [4.78, 5) is 16.6. The molecule has 2 fully saturated rings. The fraction of sp³-hybridized carbons (Fsp3) is 0.500. The Kier molecular flexibility index (Phi) is 3.87. The summed E-state index contributed by atoms with van der Waals surface area (Å²) in [6, 6.07) is 4.29. The average Bonchev–Trinajstić information content (AvgIpc) is 3.30. The number of urea groups is 1. The highest BCUT2D eigenvalue weighted by atomic mass is 19.1. The van der Waals surface area contributed by atoms with E-state index in [1.165, 1.54) is 17.1 Å². The third kappa shape index (κ3) is 3.07. The van der Waals surface area contributed by atoms with Crippen LogP contribution >= 0.6 is 0 Å². The summed E-state index contributed by atoms with van der Waals surface area (Å²) < 4.78 is 15.5. The minimum absolute atomic E-state index is 0.180. The number of aromatic nitrogens is 4. The number of anilines is 1. The Hall–Kier alpha value is -2.55. The fourth-order valence-corrected chi connectivity index (χ4v) is 3.84. The van der Waals surface area contributed by atoms with Crippen LogP contribution in [0.25, 0.3) is 5.69 Å². The van der Waals surface area contributed by atoms with E-state index in [9.17, 15) is 9.18 Å². The summed E-state index contributed by atoms with van der Waals surface area (Å²) in [6.45, 7) is 3.62. The van der Waals surface area contributed by atoms with Gasteiger partial charge in [-0.05, 0) is 55.1 Å². The number of hydrogen-bond donors (Lipinski definition) is 1. The monoisotopic (exact) mass is 345 g/mol. The fourth-order valence-electron chi connectivity index (χ4n) is 3.84. The van der Waals surface area contributed by atoms with Crippen LogP contribution in [0.15, 0.2) is 24.5 Å². The Morgan fingerprint density at radius 1 is 1.28 bits per heavy atom. The maximum absolute atomic E-state index is 14.2. The Morgan fingerprint density at radius 3 is 2.80 bits per heavy atom. The van der Waals surface area contributed by atoms with Crippen molar-refractivity contribution in [2.45, 2.75) is 12.8 Å². The number of nitrogens with zero attached hydrogens (tertiary/aromatic N) is 6. The van der Waals surface area contributed by atoms with Crippen LogP contribution in [-0.2, 0) is 0 Å². The lowest BCUT2D eigenvalue weighted by Crippen LogP contribution is -2.36. The van der Waals surface area contributed by atoms with Crippen LogP contribution in [0.4, 0.5) is 14.9 Å². The molecular weight excluding hydrogens is 325 g/mol. The quantitative estimate of drug-likeness (QED) is 0.889. The highest BCUT2D eigenvalue weighted by Gasteiger charge is 2.43. The van der Waals surface area contributed by atoms with Gasteiger partial charge in [-0.1, -0.05) is 0 Å². The van der Waals surface area contributed by atoms with Crippen LogP contribution in [0.5, 0.6) is 0 Å². The lowest BCUT2D eigenvalue weighted by atomic mass is 9.86. The van der Waals surface area contributed by atoms with Gasteiger partial charge in [-0.3, -0.25) is 0 Å². The van der Waals surface area contributed by atoms with Crippen molar-refractivity contribution in [3.63, 3.8) is 0 Å². The van der Waals surface area contributed by atoms with E-state index in [0.29, 0.717) is 5.69 Å². The molecule has 1 aromatic heterocycles. The molecule has 0 saturated carbocycles. The van der Waals surface area contributed by atoms with Gasteiger partial charge in [0.1, 0.15) is 12.0 Å². The van der Waals surface area contributed by atoms with Gasteiger partial charge in [0.15, 0.2) is 5.82 Å². The van der Waals surface area contributed by atoms with Gasteiger partial charge in [0.2, 0.25) is 0 Å². The van der Waals surface area contributed by atoms with Crippen LogP contribution in [0.3, 0.4) is 0 Å². The van der Waals surface area contributed by atoms with Gasteiger partial charge in [0, 0.05) is 30.7 Å². The molecule has 0 radical (unpaired) electrons. The molecule has 25 heavy (non-hydrogen) atoms. The summed E-state index contributed by atoms with van der Waals surface area (Å²) in [5.74, 6) is -0.500. The number of amides is 2. The summed E-state index contributed by atoms with van der Waals surface area (Å²) in [6.07, 6.45) is 3.47. The van der Waals surface area contributed by atoms with E-state index in [1.807, 2.05) is 4.90 Å². The Bertz CT molecular complexity index is 781. The van der Waals surface area contributed by atoms with E-state index in [2.05, 4.69) is 32.8 Å². The predicted molar refractivity (Wildman–Crippen MR) is 88.9 cm³/mol. The standard InChI is InChI=1S/C16H20FN7O/c1-22-6-4-16(9-22)5-7-23(10-16)15(25)19-12-2-3-14(13(17)8-12)24-11-18-20-21-24/h2-3,8,11H,4-7,9-10H2,1H3,(H,19,25). The predicted octanol–water partition coefficient (Wildman–Crippen LogP) is 1.36. The Balaban J connectivity index is 1.42. The molecule has 0 bridgehead atoms. The van der Waals surface area contributed by atoms with Crippen LogP contribution in [0, 0.1) is 11.2 Å². The first-order valence-corrected chi connectivity index (χ1v) is 8.32. The number of likely N-dealkylation sites (tertiary alicyclic amines) is 2. The molecule has 2 aromatic rings. The number of tetrazole rings is 1. The van der Waals surface area contributed by atoms with Crippen LogP contribution < -0.4 is 5.32 Å². The smallest absolute Gasteiger partial charge is 0.321 e. The zero-order chi connectivity index (χ0) is 17.4. The molecule has 9 heteroatoms. The van der Waals surface area contributed by atoms with Crippen molar-refractivity contribution >= 4 is 11.7 Å². The van der Waals surface area contributed by atoms with Crippen LogP contribution in [0.2, 0.25) is 0 Å². The molecule has 1 aromatic carbocycles. The lowest BCUT2D eigenvalue weighted by Gasteiger charge is -2.24. The van der Waals surface area contributed by atoms with E-state index < -0.39 is 5.82 Å². The maximum atomic E-state index is 14.2. The van der Waals surface area contributed by atoms with Gasteiger partial charge in [-0.2, -0.15) is 4.68 Å². The van der Waals surface area contributed by atoms with Crippen molar-refractivity contribution in [1.82, 2.24) is 30.0 Å². The van der Waals surface area contributed by atoms with E-state index in [4.69, 9.17) is 0 Å². The second kappa shape index (κ2) is 6.07. The second-order valence-electron chi connectivity index (χ2n) is 7.01. The minimum Gasteiger partial charge on any atom is -0.324 e. The number of hydrogen-bond acceptors (Lipinski definition) is 5. The SMILES string of the molecule is CN1CCC2(CCN(C(=O)Nc3ccc(-n4cnnn4)c(F)c3)C2)C1. The Labute approximate surface area is 144 Å². The van der Waals surface area contributed by atoms with Crippen molar-refractivity contribution < 1.29 is 9.18 Å². The normalized spacial score (nSPS) is 23.5. The van der Waals surface area contributed by atoms with Crippen molar-refractivity contribution in [3.05, 3.63) is 30.3 Å². The van der Waals surface area contributed by atoms with Gasteiger partial charge in [0.05, 0.1) is 0 Å². The average molecular weight is 345 g/mol. The zero-order valence-electron chi connectivity index (χ0n) is 14.0. The molecule has 8 nitrogen and oxygen atoms in total. The minimum atomic E-state index is -0.500. The highest BCUT2D eigenvalue weighted by molar-refractivity contribution is 5.89. The van der Waals surface area contributed by atoms with Gasteiger partial charge in [-0.25, -0.2) is 9.18 Å². The second-order valence-corrected chi connectivity index (χ2v) is 7.01. The van der Waals surface area contributed by atoms with Crippen molar-refractivity contribution in [3.8, 4) is 5.69 Å². The van der Waals surface area contributed by atoms with Crippen molar-refractivity contribution in [2.24, 2.45) is 5.41 Å². The number of carbonyl (C=O) groups excluding carboxylic acids is 1. The number of carbonyl (C=O) groups is 1. The highest BCUT2D eigenvalue weighted by Crippen LogP contribution is 2.39. The van der Waals surface area contributed by atoms with E-state index in [1.54, 1.807) is 12.1 Å². The molecule has 0 aliphatic carbocycles. The topological polar surface area (TPSA) is 79.2 Å². The first-order valence-electron chi connectivity index (χ1n) is 8.32. The summed E-state index contributed by atoms with van der Waals surface area (Å²) in [7, 11) is 2.12. The van der Waals surface area contributed by atoms with E-state index in [0.717, 1.165) is 39.0 Å². The van der Waals surface area contributed by atoms with E-state index >= 15 is 0 Å². The van der Waals surface area contributed by atoms with Gasteiger partial charge in [0.25, 0.3) is 0 Å². The first kappa shape index (κ1) is 15.9. The van der Waals surface area contributed by atoms with Crippen LogP contribution in [0.1, 0.15) is 12.8 Å². The molecule has 1 unspecified atom stereocenters. The van der Waals surface area contributed by atoms with E-state index in [-0.39, 0.29) is 17.1 Å². The lowest BCUT2D eigenvalue weighted by molar-refractivity contribution is 0.212. The summed E-state index contributed by atoms with van der Waals surface area (Å²) >= 11 is 0. The van der Waals surface area contributed by atoms with Crippen molar-refractivity contribution in [2.75, 3.05) is 38.5 Å². The molecule has 2 saturated heterocycles. The molecule has 3 heterocycles. The summed E-state index contributed by atoms with van der Waals surface area (Å²) in [5.41, 5.74) is 0.877. The zero-order valence-corrected chi connectivity index (χ0v) is 14.0. The Morgan fingerprint density at radius 2 is 2.12 bits per heavy atom. The molecule has 1 N–H and O–H groups in total. The largest absolute Gasteiger partial charge is 0.324 e. The maximum Gasteiger partial charge on any atom is 0.321 e. The number of benzene rings is 1.